The lowest BCUT2D eigenvalue weighted by Gasteiger charge is -2.19. The monoisotopic (exact) mass is 382 g/mol. The van der Waals surface area contributed by atoms with Crippen LogP contribution in [0.2, 0.25) is 0 Å². The van der Waals surface area contributed by atoms with Crippen LogP contribution in [0.4, 0.5) is 0 Å². The minimum absolute atomic E-state index is 0.290. The summed E-state index contributed by atoms with van der Waals surface area (Å²) >= 11 is 0. The molecule has 2 aromatic rings. The summed E-state index contributed by atoms with van der Waals surface area (Å²) in [6, 6.07) is 7.36. The number of H-pyrrole nitrogens is 1. The number of likely N-dealkylation sites (tertiary alicyclic amines) is 1. The molecule has 146 valence electrons. The quantitative estimate of drug-likeness (QED) is 0.487. The van der Waals surface area contributed by atoms with Crippen molar-refractivity contribution >= 4 is 34.5 Å². The molecular formula is C21H22N2O5. The van der Waals surface area contributed by atoms with E-state index in [0.717, 1.165) is 28.6 Å². The van der Waals surface area contributed by atoms with Gasteiger partial charge in [-0.05, 0) is 25.8 Å². The Labute approximate surface area is 162 Å². The number of ketones is 1. The number of imide groups is 1. The normalized spacial score (nSPS) is 23.0. The molecule has 1 aliphatic carbocycles. The zero-order valence-electron chi connectivity index (χ0n) is 15.6. The van der Waals surface area contributed by atoms with Crippen LogP contribution in [0.25, 0.3) is 10.9 Å². The molecule has 1 N–H and O–H groups in total. The van der Waals surface area contributed by atoms with Gasteiger partial charge in [-0.25, -0.2) is 0 Å². The predicted octanol–water partition coefficient (Wildman–Crippen LogP) is 2.46. The summed E-state index contributed by atoms with van der Waals surface area (Å²) in [4.78, 5) is 53.9. The van der Waals surface area contributed by atoms with Crippen molar-refractivity contribution in [3.05, 3.63) is 36.0 Å². The molecular weight excluding hydrogens is 360 g/mol. The number of nitrogens with one attached hydrogen (secondary N) is 1. The molecule has 28 heavy (non-hydrogen) atoms. The van der Waals surface area contributed by atoms with Crippen molar-refractivity contribution in [1.82, 2.24) is 9.88 Å². The highest BCUT2D eigenvalue weighted by Gasteiger charge is 2.48. The van der Waals surface area contributed by atoms with Crippen molar-refractivity contribution < 1.29 is 23.9 Å². The Kier molecular flexibility index (Phi) is 4.75. The van der Waals surface area contributed by atoms with Gasteiger partial charge in [-0.3, -0.25) is 24.1 Å². The fourth-order valence-corrected chi connectivity index (χ4v) is 4.30. The lowest BCUT2D eigenvalue weighted by Crippen LogP contribution is -2.38. The number of aromatic amines is 1. The van der Waals surface area contributed by atoms with Gasteiger partial charge in [-0.2, -0.15) is 0 Å². The first-order valence-electron chi connectivity index (χ1n) is 9.62. The Hall–Kier alpha value is -2.96. The lowest BCUT2D eigenvalue weighted by molar-refractivity contribution is -0.154. The number of aromatic nitrogens is 1. The zero-order chi connectivity index (χ0) is 19.8. The van der Waals surface area contributed by atoms with E-state index in [4.69, 9.17) is 4.74 Å². The van der Waals surface area contributed by atoms with E-state index in [2.05, 4.69) is 4.98 Å². The topological polar surface area (TPSA) is 96.5 Å². The second kappa shape index (κ2) is 7.22. The summed E-state index contributed by atoms with van der Waals surface area (Å²) in [5.41, 5.74) is 1.26. The summed E-state index contributed by atoms with van der Waals surface area (Å²) in [7, 11) is 0. The van der Waals surface area contributed by atoms with Crippen LogP contribution in [0.5, 0.6) is 0 Å². The second-order valence-electron chi connectivity index (χ2n) is 7.50. The van der Waals surface area contributed by atoms with Crippen molar-refractivity contribution in [2.45, 2.75) is 38.7 Å². The number of esters is 1. The predicted molar refractivity (Wildman–Crippen MR) is 100 cm³/mol. The maximum atomic E-state index is 12.7. The van der Waals surface area contributed by atoms with Crippen molar-refractivity contribution in [1.29, 1.82) is 0 Å². The third-order valence-corrected chi connectivity index (χ3v) is 5.75. The number of benzene rings is 1. The molecule has 1 aromatic carbocycles. The molecule has 2 fully saturated rings. The van der Waals surface area contributed by atoms with E-state index in [1.807, 2.05) is 24.3 Å². The summed E-state index contributed by atoms with van der Waals surface area (Å²) in [5.74, 6) is -2.28. The third-order valence-electron chi connectivity index (χ3n) is 5.75. The maximum absolute atomic E-state index is 12.7. The first kappa shape index (κ1) is 18.4. The minimum Gasteiger partial charge on any atom is -0.453 e. The van der Waals surface area contributed by atoms with Crippen LogP contribution >= 0.6 is 0 Å². The summed E-state index contributed by atoms with van der Waals surface area (Å²) < 4.78 is 5.25. The number of ether oxygens (including phenoxy) is 1. The van der Waals surface area contributed by atoms with Crippen molar-refractivity contribution in [3.63, 3.8) is 0 Å². The lowest BCUT2D eigenvalue weighted by atomic mass is 9.81. The average molecular weight is 382 g/mol. The fourth-order valence-electron chi connectivity index (χ4n) is 4.30. The van der Waals surface area contributed by atoms with Crippen LogP contribution in [-0.2, 0) is 19.1 Å². The van der Waals surface area contributed by atoms with Crippen molar-refractivity contribution in [2.24, 2.45) is 11.8 Å². The van der Waals surface area contributed by atoms with Crippen LogP contribution < -0.4 is 0 Å². The number of fused-ring (bicyclic) bond motifs is 2. The number of carbonyl (C=O) groups is 4. The van der Waals surface area contributed by atoms with E-state index in [1.165, 1.54) is 6.92 Å². The van der Waals surface area contributed by atoms with Gasteiger partial charge in [0.1, 0.15) is 6.54 Å². The Morgan fingerprint density at radius 2 is 1.79 bits per heavy atom. The molecule has 2 heterocycles. The average Bonchev–Trinajstić information content (AvgIpc) is 3.23. The first-order chi connectivity index (χ1) is 13.5. The Morgan fingerprint density at radius 3 is 2.46 bits per heavy atom. The molecule has 7 heteroatoms. The number of rotatable bonds is 5. The van der Waals surface area contributed by atoms with Crippen LogP contribution in [0.15, 0.2) is 30.5 Å². The molecule has 0 unspecified atom stereocenters. The van der Waals surface area contributed by atoms with E-state index in [9.17, 15) is 19.2 Å². The van der Waals surface area contributed by atoms with Gasteiger partial charge in [0, 0.05) is 22.7 Å². The standard InChI is InChI=1S/C21H22N2O5/c1-12(19(25)16-10-22-17-9-5-4-6-13(16)17)28-18(24)11-23-20(26)14-7-2-3-8-15(14)21(23)27/h4-6,9-10,12,14-15,22H,2-3,7-8,11H2,1H3/t12-,14-,15+/m0/s1. The number of Topliss-reactive ketones (excluding diaryl/α,β-unsaturated/α-hetero) is 1. The Bertz CT molecular complexity index is 939. The van der Waals surface area contributed by atoms with E-state index >= 15 is 0 Å². The highest BCUT2D eigenvalue weighted by atomic mass is 16.5. The third kappa shape index (κ3) is 3.10. The van der Waals surface area contributed by atoms with Gasteiger partial charge in [0.15, 0.2) is 6.10 Å². The number of para-hydroxylation sites is 1. The van der Waals surface area contributed by atoms with Gasteiger partial charge >= 0.3 is 5.97 Å². The molecule has 4 rings (SSSR count). The number of hydrogen-bond donors (Lipinski definition) is 1. The number of hydrogen-bond acceptors (Lipinski definition) is 5. The Morgan fingerprint density at radius 1 is 1.14 bits per heavy atom. The van der Waals surface area contributed by atoms with E-state index in [1.54, 1.807) is 6.20 Å². The molecule has 1 saturated heterocycles. The van der Waals surface area contributed by atoms with Gasteiger partial charge in [-0.1, -0.05) is 31.0 Å². The van der Waals surface area contributed by atoms with Gasteiger partial charge < -0.3 is 9.72 Å². The van der Waals surface area contributed by atoms with E-state index in [0.29, 0.717) is 18.4 Å². The fraction of sp³-hybridized carbons (Fsp3) is 0.429. The zero-order valence-corrected chi connectivity index (χ0v) is 15.6. The maximum Gasteiger partial charge on any atom is 0.326 e. The largest absolute Gasteiger partial charge is 0.453 e. The molecule has 2 aliphatic rings. The molecule has 0 bridgehead atoms. The molecule has 1 saturated carbocycles. The van der Waals surface area contributed by atoms with Crippen LogP contribution in [0.1, 0.15) is 43.0 Å². The number of nitrogens with zero attached hydrogens (tertiary/aromatic N) is 1. The second-order valence-corrected chi connectivity index (χ2v) is 7.50. The van der Waals surface area contributed by atoms with Gasteiger partial charge in [0.05, 0.1) is 11.8 Å². The summed E-state index contributed by atoms with van der Waals surface area (Å²) in [5, 5.41) is 0.754. The van der Waals surface area contributed by atoms with Gasteiger partial charge in [-0.15, -0.1) is 0 Å². The van der Waals surface area contributed by atoms with Gasteiger partial charge in [0.25, 0.3) is 0 Å². The van der Waals surface area contributed by atoms with E-state index in [-0.39, 0.29) is 29.4 Å². The smallest absolute Gasteiger partial charge is 0.326 e. The number of amides is 2. The highest BCUT2D eigenvalue weighted by Crippen LogP contribution is 2.37. The minimum atomic E-state index is -1.01. The van der Waals surface area contributed by atoms with Crippen molar-refractivity contribution in [2.75, 3.05) is 6.54 Å². The molecule has 0 radical (unpaired) electrons. The number of carbonyl (C=O) groups excluding carboxylic acids is 4. The Balaban J connectivity index is 1.41. The first-order valence-corrected chi connectivity index (χ1v) is 9.62. The molecule has 1 aromatic heterocycles. The van der Waals surface area contributed by atoms with Crippen LogP contribution in [0.3, 0.4) is 0 Å². The van der Waals surface area contributed by atoms with E-state index < -0.39 is 18.6 Å². The SMILES string of the molecule is C[C@H](OC(=O)CN1C(=O)[C@H]2CCCC[C@H]2C1=O)C(=O)c1c[nH]c2ccccc12. The molecule has 2 amide bonds. The highest BCUT2D eigenvalue weighted by molar-refractivity contribution is 6.10. The van der Waals surface area contributed by atoms with Crippen molar-refractivity contribution in [3.8, 4) is 0 Å². The summed E-state index contributed by atoms with van der Waals surface area (Å²) in [6.45, 7) is 1.06. The van der Waals surface area contributed by atoms with Gasteiger partial charge in [0.2, 0.25) is 17.6 Å². The molecule has 1 aliphatic heterocycles. The van der Waals surface area contributed by atoms with Crippen LogP contribution in [0, 0.1) is 11.8 Å². The summed E-state index contributed by atoms with van der Waals surface area (Å²) in [6.07, 6.45) is 3.81. The molecule has 3 atom stereocenters. The molecule has 7 nitrogen and oxygen atoms in total. The molecule has 0 spiro atoms. The van der Waals surface area contributed by atoms with Crippen LogP contribution in [-0.4, -0.2) is 46.1 Å².